The number of rotatable bonds is 37. The van der Waals surface area contributed by atoms with Crippen LogP contribution in [0, 0.1) is 0 Å². The number of likely N-dealkylation sites (N-methyl/N-ethyl adjacent to an activating group) is 1. The van der Waals surface area contributed by atoms with Gasteiger partial charge in [-0.3, -0.25) is 9.59 Å². The van der Waals surface area contributed by atoms with Crippen LogP contribution in [0.5, 0.6) is 0 Å². The van der Waals surface area contributed by atoms with Crippen LogP contribution in [0.3, 0.4) is 0 Å². The summed E-state index contributed by atoms with van der Waals surface area (Å²) >= 11 is 0. The number of allylic oxidation sites excluding steroid dienone is 14. The average molecular weight is 783 g/mol. The van der Waals surface area contributed by atoms with Crippen LogP contribution in [-0.4, -0.2) is 80.6 Å². The number of quaternary nitrogens is 1. The topological polar surface area (TPSA) is 99.1 Å². The largest absolute Gasteiger partial charge is 0.477 e. The van der Waals surface area contributed by atoms with Gasteiger partial charge in [0, 0.05) is 19.3 Å². The van der Waals surface area contributed by atoms with Gasteiger partial charge in [0.15, 0.2) is 12.1 Å². The van der Waals surface area contributed by atoms with Crippen LogP contribution in [0.2, 0.25) is 0 Å². The van der Waals surface area contributed by atoms with Crippen LogP contribution in [0.15, 0.2) is 85.1 Å². The first-order valence-corrected chi connectivity index (χ1v) is 21.7. The van der Waals surface area contributed by atoms with Gasteiger partial charge in [-0.25, -0.2) is 4.79 Å². The van der Waals surface area contributed by atoms with Crippen LogP contribution < -0.4 is 0 Å². The number of carboxylic acids is 1. The Labute approximate surface area is 342 Å². The molecule has 0 saturated carbocycles. The molecule has 0 aromatic heterocycles. The molecule has 0 bridgehead atoms. The lowest BCUT2D eigenvalue weighted by Crippen LogP contribution is -2.50. The minimum absolute atomic E-state index is 0.0280. The zero-order valence-electron chi connectivity index (χ0n) is 36.1. The first kappa shape index (κ1) is 52.5. The van der Waals surface area contributed by atoms with E-state index in [2.05, 4.69) is 68.5 Å². The number of hydrogen-bond acceptors (Lipinski definition) is 6. The molecule has 0 rings (SSSR count). The molecule has 318 valence electrons. The van der Waals surface area contributed by atoms with E-state index >= 15 is 0 Å². The summed E-state index contributed by atoms with van der Waals surface area (Å²) in [6.07, 6.45) is 49.2. The number of ether oxygens (including phenoxy) is 3. The Morgan fingerprint density at radius 3 is 1.70 bits per heavy atom. The SMILES string of the molecule is CC/C=C/C=C/C=C/C=C/CCCCCCCC(=O)OCC(COCCC(C(=O)O)[N+](C)(C)C)OC(=O)CCC/C=C/C/C=C/C/C=C/CCCCCCCC. The highest BCUT2D eigenvalue weighted by Gasteiger charge is 2.31. The van der Waals surface area contributed by atoms with Gasteiger partial charge >= 0.3 is 17.9 Å². The molecule has 0 amide bonds. The molecule has 0 aliphatic heterocycles. The molecular formula is C48H80NO7+. The monoisotopic (exact) mass is 783 g/mol. The molecule has 1 N–H and O–H groups in total. The first-order valence-electron chi connectivity index (χ1n) is 21.7. The third-order valence-electron chi connectivity index (χ3n) is 9.12. The fourth-order valence-corrected chi connectivity index (χ4v) is 5.76. The maximum absolute atomic E-state index is 12.7. The molecule has 0 spiro atoms. The van der Waals surface area contributed by atoms with Gasteiger partial charge in [-0.05, 0) is 64.2 Å². The fourth-order valence-electron chi connectivity index (χ4n) is 5.76. The maximum atomic E-state index is 12.7. The first-order chi connectivity index (χ1) is 27.1. The van der Waals surface area contributed by atoms with E-state index in [9.17, 15) is 19.5 Å². The van der Waals surface area contributed by atoms with Crippen molar-refractivity contribution in [1.82, 2.24) is 0 Å². The van der Waals surface area contributed by atoms with E-state index in [0.717, 1.165) is 64.2 Å². The highest BCUT2D eigenvalue weighted by atomic mass is 16.6. The number of aliphatic carboxylic acids is 1. The number of carbonyl (C=O) groups is 3. The zero-order valence-corrected chi connectivity index (χ0v) is 36.1. The molecular weight excluding hydrogens is 703 g/mol. The van der Waals surface area contributed by atoms with Crippen molar-refractivity contribution in [2.75, 3.05) is 41.0 Å². The van der Waals surface area contributed by atoms with Crippen molar-refractivity contribution >= 4 is 17.9 Å². The number of hydrogen-bond donors (Lipinski definition) is 1. The van der Waals surface area contributed by atoms with Crippen LogP contribution in [0.25, 0.3) is 0 Å². The van der Waals surface area contributed by atoms with Crippen molar-refractivity contribution in [2.45, 2.75) is 161 Å². The molecule has 2 unspecified atom stereocenters. The Bertz CT molecular complexity index is 1190. The van der Waals surface area contributed by atoms with Gasteiger partial charge < -0.3 is 23.8 Å². The maximum Gasteiger partial charge on any atom is 0.362 e. The second-order valence-electron chi connectivity index (χ2n) is 15.3. The van der Waals surface area contributed by atoms with Gasteiger partial charge in [-0.2, -0.15) is 0 Å². The number of nitrogens with zero attached hydrogens (tertiary/aromatic N) is 1. The summed E-state index contributed by atoms with van der Waals surface area (Å²) in [5, 5.41) is 9.61. The summed E-state index contributed by atoms with van der Waals surface area (Å²) in [7, 11) is 5.49. The van der Waals surface area contributed by atoms with Crippen molar-refractivity contribution in [3.8, 4) is 0 Å². The Morgan fingerprint density at radius 1 is 0.571 bits per heavy atom. The fraction of sp³-hybridized carbons (Fsp3) is 0.646. The van der Waals surface area contributed by atoms with E-state index in [-0.39, 0.29) is 42.7 Å². The van der Waals surface area contributed by atoms with E-state index in [0.29, 0.717) is 19.3 Å². The summed E-state index contributed by atoms with van der Waals surface area (Å²) < 4.78 is 17.2. The van der Waals surface area contributed by atoms with Gasteiger partial charge in [0.2, 0.25) is 0 Å². The van der Waals surface area contributed by atoms with Gasteiger partial charge in [-0.1, -0.05) is 150 Å². The molecule has 2 atom stereocenters. The van der Waals surface area contributed by atoms with Gasteiger partial charge in [0.05, 0.1) is 34.4 Å². The van der Waals surface area contributed by atoms with Crippen LogP contribution in [-0.2, 0) is 28.6 Å². The summed E-state index contributed by atoms with van der Waals surface area (Å²) in [4.78, 5) is 36.9. The lowest BCUT2D eigenvalue weighted by molar-refractivity contribution is -0.887. The number of carboxylic acid groups (broad SMARTS) is 1. The third-order valence-corrected chi connectivity index (χ3v) is 9.12. The Hall–Kier alpha value is -3.49. The summed E-state index contributed by atoms with van der Waals surface area (Å²) in [6, 6.07) is -0.631. The van der Waals surface area contributed by atoms with Gasteiger partial charge in [-0.15, -0.1) is 0 Å². The van der Waals surface area contributed by atoms with Crippen LogP contribution in [0.1, 0.15) is 149 Å². The molecule has 0 saturated heterocycles. The molecule has 0 radical (unpaired) electrons. The van der Waals surface area contributed by atoms with Gasteiger partial charge in [0.1, 0.15) is 6.61 Å². The van der Waals surface area contributed by atoms with Crippen molar-refractivity contribution in [3.05, 3.63) is 85.1 Å². The Balaban J connectivity index is 4.51. The smallest absolute Gasteiger partial charge is 0.362 e. The lowest BCUT2D eigenvalue weighted by atomic mass is 10.1. The minimum atomic E-state index is -0.890. The number of carbonyl (C=O) groups excluding carboxylic acids is 2. The van der Waals surface area contributed by atoms with E-state index in [1.54, 1.807) is 0 Å². The predicted molar refractivity (Wildman–Crippen MR) is 233 cm³/mol. The summed E-state index contributed by atoms with van der Waals surface area (Å²) in [5.74, 6) is -1.58. The second kappa shape index (κ2) is 38.4. The molecule has 8 heteroatoms. The van der Waals surface area contributed by atoms with Crippen LogP contribution in [0.4, 0.5) is 0 Å². The Morgan fingerprint density at radius 2 is 1.09 bits per heavy atom. The molecule has 56 heavy (non-hydrogen) atoms. The van der Waals surface area contributed by atoms with Crippen molar-refractivity contribution < 1.29 is 38.2 Å². The molecule has 0 aliphatic rings. The highest BCUT2D eigenvalue weighted by molar-refractivity contribution is 5.72. The molecule has 0 aromatic rings. The standard InChI is InChI=1S/C48H79NO7/c1-6-8-10-12-14-16-18-20-22-23-25-27-29-31-33-35-37-39-47(51)56-44(42-54-41-40-45(48(52)53)49(3,4)5)43-55-46(50)38-36-34-32-30-28-26-24-21-19-17-15-13-11-9-7-2/h9,11,13,15,17,19-22,24-25,27,31,33,44-45H,6-8,10,12,14,16,18,23,26,28-30,32,34-43H2,1-5H3/p+1/b11-9+,15-13+,19-17+,22-20+,24-21+,27-25+,33-31+. The number of esters is 2. The van der Waals surface area contributed by atoms with Crippen molar-refractivity contribution in [3.63, 3.8) is 0 Å². The Kier molecular flexibility index (Phi) is 36.0. The zero-order chi connectivity index (χ0) is 41.4. The quantitative estimate of drug-likeness (QED) is 0.0220. The highest BCUT2D eigenvalue weighted by Crippen LogP contribution is 2.12. The van der Waals surface area contributed by atoms with Crippen molar-refractivity contribution in [1.29, 1.82) is 0 Å². The van der Waals surface area contributed by atoms with E-state index in [4.69, 9.17) is 14.2 Å². The molecule has 0 aliphatic carbocycles. The third kappa shape index (κ3) is 36.2. The predicted octanol–water partition coefficient (Wildman–Crippen LogP) is 11.7. The minimum Gasteiger partial charge on any atom is -0.477 e. The van der Waals surface area contributed by atoms with Crippen molar-refractivity contribution in [2.24, 2.45) is 0 Å². The molecule has 0 heterocycles. The summed E-state index contributed by atoms with van der Waals surface area (Å²) in [5.41, 5.74) is 0. The normalized spacial score (nSPS) is 13.8. The molecule has 8 nitrogen and oxygen atoms in total. The van der Waals surface area contributed by atoms with E-state index in [1.807, 2.05) is 51.5 Å². The van der Waals surface area contributed by atoms with E-state index < -0.39 is 18.1 Å². The molecule has 0 fully saturated rings. The van der Waals surface area contributed by atoms with Gasteiger partial charge in [0.25, 0.3) is 0 Å². The van der Waals surface area contributed by atoms with E-state index in [1.165, 1.54) is 44.9 Å². The number of unbranched alkanes of at least 4 members (excludes halogenated alkanes) is 12. The lowest BCUT2D eigenvalue weighted by Gasteiger charge is -2.31. The second-order valence-corrected chi connectivity index (χ2v) is 15.3. The van der Waals surface area contributed by atoms with Crippen LogP contribution >= 0.6 is 0 Å². The average Bonchev–Trinajstić information content (AvgIpc) is 3.15. The molecule has 0 aromatic carbocycles. The summed E-state index contributed by atoms with van der Waals surface area (Å²) in [6.45, 7) is 4.49.